The third-order valence-corrected chi connectivity index (χ3v) is 8.93. The van der Waals surface area contributed by atoms with Crippen LogP contribution in [0.2, 0.25) is 20.1 Å². The number of nitrogens with one attached hydrogen (secondary N) is 4. The Labute approximate surface area is 300 Å². The highest BCUT2D eigenvalue weighted by molar-refractivity contribution is 7.80. The van der Waals surface area contributed by atoms with E-state index in [1.807, 2.05) is 97.1 Å². The van der Waals surface area contributed by atoms with E-state index >= 15 is 0 Å². The number of benzene rings is 4. The quantitative estimate of drug-likeness (QED) is 0.134. The van der Waals surface area contributed by atoms with E-state index < -0.39 is 0 Å². The minimum absolute atomic E-state index is 0.609. The van der Waals surface area contributed by atoms with Crippen molar-refractivity contribution < 1.29 is 0 Å². The molecule has 4 aromatic carbocycles. The zero-order valence-electron chi connectivity index (χ0n) is 24.6. The number of rotatable bonds is 8. The van der Waals surface area contributed by atoms with E-state index in [4.69, 9.17) is 70.8 Å². The number of nitrogens with zero attached hydrogens (tertiary/aromatic N) is 4. The molecule has 0 saturated carbocycles. The van der Waals surface area contributed by atoms with Gasteiger partial charge in [0, 0.05) is 42.8 Å². The van der Waals surface area contributed by atoms with Crippen LogP contribution < -0.4 is 31.1 Å². The number of halogens is 4. The van der Waals surface area contributed by atoms with Crippen molar-refractivity contribution in [1.29, 1.82) is 0 Å². The lowest BCUT2D eigenvalue weighted by Gasteiger charge is -2.39. The molecule has 0 unspecified atom stereocenters. The van der Waals surface area contributed by atoms with E-state index in [0.29, 0.717) is 40.0 Å². The van der Waals surface area contributed by atoms with Gasteiger partial charge in [0.25, 0.3) is 0 Å². The van der Waals surface area contributed by atoms with Gasteiger partial charge in [-0.05, 0) is 121 Å². The zero-order chi connectivity index (χ0) is 32.5. The Morgan fingerprint density at radius 1 is 0.500 bits per heavy atom. The van der Waals surface area contributed by atoms with Crippen LogP contribution in [0.4, 0.5) is 22.7 Å². The highest BCUT2D eigenvalue weighted by Crippen LogP contribution is 2.21. The van der Waals surface area contributed by atoms with Gasteiger partial charge in [-0.15, -0.1) is 0 Å². The average molecular weight is 735 g/mol. The van der Waals surface area contributed by atoms with E-state index in [9.17, 15) is 0 Å². The molecule has 0 atom stereocenters. The summed E-state index contributed by atoms with van der Waals surface area (Å²) in [6, 6.07) is 30.8. The molecule has 2 fully saturated rings. The molecule has 46 heavy (non-hydrogen) atoms. The smallest absolute Gasteiger partial charge is 0.173 e. The lowest BCUT2D eigenvalue weighted by atomic mass is 10.3. The number of thiocarbonyl (C=S) groups is 2. The van der Waals surface area contributed by atoms with Gasteiger partial charge in [0.05, 0.1) is 40.0 Å². The molecule has 2 aliphatic heterocycles. The van der Waals surface area contributed by atoms with E-state index in [-0.39, 0.29) is 0 Å². The molecule has 0 aromatic heterocycles. The van der Waals surface area contributed by atoms with Gasteiger partial charge in [-0.2, -0.15) is 0 Å². The van der Waals surface area contributed by atoms with Gasteiger partial charge in [0.1, 0.15) is 0 Å². The number of hydrogen-bond donors (Lipinski definition) is 4. The first-order valence-electron chi connectivity index (χ1n) is 14.3. The number of hydrogen-bond acceptors (Lipinski definition) is 6. The molecule has 4 N–H and O–H groups in total. The summed E-state index contributed by atoms with van der Waals surface area (Å²) in [4.78, 5) is 8.50. The topological polar surface area (TPSA) is 61.1 Å². The molecule has 2 heterocycles. The van der Waals surface area contributed by atoms with Gasteiger partial charge in [-0.25, -0.2) is 0 Å². The molecule has 0 bridgehead atoms. The second-order valence-corrected chi connectivity index (χ2v) is 12.9. The highest BCUT2D eigenvalue weighted by Gasteiger charge is 2.21. The number of anilines is 4. The largest absolute Gasteiger partial charge is 0.368 e. The first-order chi connectivity index (χ1) is 22.2. The van der Waals surface area contributed by atoms with Crippen molar-refractivity contribution in [3.8, 4) is 0 Å². The van der Waals surface area contributed by atoms with Crippen molar-refractivity contribution in [1.82, 2.24) is 20.4 Å². The van der Waals surface area contributed by atoms with Gasteiger partial charge >= 0.3 is 0 Å². The van der Waals surface area contributed by atoms with Crippen molar-refractivity contribution in [2.75, 3.05) is 60.4 Å². The standard InChI is InChI=1S/2C16H16Cl2N4S/c2*17-12-1-5-14(6-2-12)19-9-22-11-21(10-20-16(22)23)15-7-3-13(18)4-8-15/h2*1-8,19H,9-11H2,(H,20,23). The normalized spacial score (nSPS) is 14.6. The van der Waals surface area contributed by atoms with E-state index in [2.05, 4.69) is 40.9 Å². The van der Waals surface area contributed by atoms with Crippen LogP contribution in [0.15, 0.2) is 97.1 Å². The van der Waals surface area contributed by atoms with Crippen molar-refractivity contribution in [3.05, 3.63) is 117 Å². The molecule has 6 rings (SSSR count). The SMILES string of the molecule is S=C1NCN(c2ccc(Cl)cc2)CN1CNc1ccc(Cl)cc1.S=C1NCN(c2ccc(Cl)cc2)CN1CNc1ccc(Cl)cc1. The second-order valence-electron chi connectivity index (χ2n) is 10.4. The third kappa shape index (κ3) is 9.81. The predicted molar refractivity (Wildman–Crippen MR) is 202 cm³/mol. The molecule has 0 aliphatic carbocycles. The third-order valence-electron chi connectivity index (χ3n) is 7.12. The first-order valence-corrected chi connectivity index (χ1v) is 16.6. The Morgan fingerprint density at radius 3 is 1.13 bits per heavy atom. The fourth-order valence-corrected chi connectivity index (χ4v) is 5.47. The molecule has 0 radical (unpaired) electrons. The zero-order valence-corrected chi connectivity index (χ0v) is 29.3. The summed E-state index contributed by atoms with van der Waals surface area (Å²) in [5, 5.41) is 17.5. The fourth-order valence-electron chi connectivity index (χ4n) is 4.59. The Kier molecular flexibility index (Phi) is 12.1. The van der Waals surface area contributed by atoms with Crippen LogP contribution in [0.1, 0.15) is 0 Å². The van der Waals surface area contributed by atoms with Crippen molar-refractivity contribution in [2.45, 2.75) is 0 Å². The van der Waals surface area contributed by atoms with E-state index in [1.54, 1.807) is 0 Å². The monoisotopic (exact) mass is 732 g/mol. The average Bonchev–Trinajstić information content (AvgIpc) is 3.07. The van der Waals surface area contributed by atoms with Crippen LogP contribution in [0.25, 0.3) is 0 Å². The molecule has 0 spiro atoms. The Hall–Kier alpha value is -3.38. The molecule has 8 nitrogen and oxygen atoms in total. The fraction of sp³-hybridized carbons (Fsp3) is 0.188. The van der Waals surface area contributed by atoms with E-state index in [1.165, 1.54) is 0 Å². The maximum absolute atomic E-state index is 5.95. The van der Waals surface area contributed by atoms with Gasteiger partial charge in [-0.3, -0.25) is 0 Å². The molecule has 14 heteroatoms. The van der Waals surface area contributed by atoms with Crippen LogP contribution in [-0.4, -0.2) is 60.0 Å². The summed E-state index contributed by atoms with van der Waals surface area (Å²) in [5.74, 6) is 0. The van der Waals surface area contributed by atoms with Crippen molar-refractivity contribution >= 4 is 104 Å². The summed E-state index contributed by atoms with van der Waals surface area (Å²) in [7, 11) is 0. The second kappa shape index (κ2) is 16.4. The van der Waals surface area contributed by atoms with Gasteiger partial charge < -0.3 is 40.9 Å². The predicted octanol–water partition coefficient (Wildman–Crippen LogP) is 7.95. The molecule has 2 saturated heterocycles. The Bertz CT molecular complexity index is 1470. The van der Waals surface area contributed by atoms with Crippen LogP contribution in [0.5, 0.6) is 0 Å². The van der Waals surface area contributed by atoms with E-state index in [0.717, 1.165) is 53.1 Å². The van der Waals surface area contributed by atoms with Crippen LogP contribution >= 0.6 is 70.8 Å². The Balaban J connectivity index is 0.000000181. The minimum atomic E-state index is 0.609. The molecule has 4 aromatic rings. The van der Waals surface area contributed by atoms with Crippen LogP contribution in [0.3, 0.4) is 0 Å². The summed E-state index contributed by atoms with van der Waals surface area (Å²) in [5.41, 5.74) is 4.20. The van der Waals surface area contributed by atoms with Crippen LogP contribution in [0, 0.1) is 0 Å². The maximum atomic E-state index is 5.95. The summed E-state index contributed by atoms with van der Waals surface area (Å²) in [6.45, 7) is 3.98. The molecule has 2 aliphatic rings. The van der Waals surface area contributed by atoms with Crippen molar-refractivity contribution in [3.63, 3.8) is 0 Å². The van der Waals surface area contributed by atoms with Gasteiger partial charge in [0.15, 0.2) is 10.2 Å². The van der Waals surface area contributed by atoms with Crippen LogP contribution in [-0.2, 0) is 0 Å². The minimum Gasteiger partial charge on any atom is -0.368 e. The first kappa shape index (κ1) is 34.0. The Morgan fingerprint density at radius 2 is 0.804 bits per heavy atom. The lowest BCUT2D eigenvalue weighted by molar-refractivity contribution is 0.398. The highest BCUT2D eigenvalue weighted by atomic mass is 35.5. The molecular formula is C32H32Cl4N8S2. The maximum Gasteiger partial charge on any atom is 0.173 e. The summed E-state index contributed by atoms with van der Waals surface area (Å²) < 4.78 is 0. The van der Waals surface area contributed by atoms with Gasteiger partial charge in [-0.1, -0.05) is 46.4 Å². The van der Waals surface area contributed by atoms with Gasteiger partial charge in [0.2, 0.25) is 0 Å². The molecule has 240 valence electrons. The summed E-state index contributed by atoms with van der Waals surface area (Å²) >= 11 is 34.5. The van der Waals surface area contributed by atoms with Crippen molar-refractivity contribution in [2.24, 2.45) is 0 Å². The molecular weight excluding hydrogens is 702 g/mol. The lowest BCUT2D eigenvalue weighted by Crippen LogP contribution is -2.57. The molecule has 0 amide bonds. The summed E-state index contributed by atoms with van der Waals surface area (Å²) in [6.07, 6.45) is 0.